The SMILES string of the molecule is CNS(=O)(=O)c1cccc(Nc2nsnc2NCc2ccc(C)o2)c1O. The number of sulfonamides is 1. The second kappa shape index (κ2) is 7.32. The highest BCUT2D eigenvalue weighted by atomic mass is 32.2. The maximum absolute atomic E-state index is 12.0. The summed E-state index contributed by atoms with van der Waals surface area (Å²) < 4.78 is 39.9. The average molecular weight is 395 g/mol. The Kier molecular flexibility index (Phi) is 5.11. The molecule has 2 heterocycles. The molecule has 26 heavy (non-hydrogen) atoms. The van der Waals surface area contributed by atoms with Crippen molar-refractivity contribution in [1.29, 1.82) is 0 Å². The van der Waals surface area contributed by atoms with Gasteiger partial charge >= 0.3 is 0 Å². The number of nitrogens with zero attached hydrogens (tertiary/aromatic N) is 2. The lowest BCUT2D eigenvalue weighted by atomic mass is 10.3. The van der Waals surface area contributed by atoms with Crippen molar-refractivity contribution in [2.24, 2.45) is 0 Å². The minimum absolute atomic E-state index is 0.200. The van der Waals surface area contributed by atoms with Gasteiger partial charge in [-0.1, -0.05) is 6.07 Å². The maximum Gasteiger partial charge on any atom is 0.244 e. The molecule has 0 saturated carbocycles. The van der Waals surface area contributed by atoms with Crippen molar-refractivity contribution in [3.8, 4) is 5.75 Å². The van der Waals surface area contributed by atoms with Gasteiger partial charge in [-0.3, -0.25) is 0 Å². The normalized spacial score (nSPS) is 11.5. The predicted octanol–water partition coefficient (Wildman–Crippen LogP) is 2.41. The minimum Gasteiger partial charge on any atom is -0.504 e. The lowest BCUT2D eigenvalue weighted by molar-refractivity contribution is 0.460. The van der Waals surface area contributed by atoms with Gasteiger partial charge in [0.15, 0.2) is 17.4 Å². The summed E-state index contributed by atoms with van der Waals surface area (Å²) in [5.74, 6) is 1.98. The molecule has 0 amide bonds. The van der Waals surface area contributed by atoms with E-state index < -0.39 is 15.8 Å². The van der Waals surface area contributed by atoms with Crippen molar-refractivity contribution >= 4 is 39.1 Å². The Morgan fingerprint density at radius 2 is 1.96 bits per heavy atom. The summed E-state index contributed by atoms with van der Waals surface area (Å²) in [5.41, 5.74) is 0.200. The zero-order valence-corrected chi connectivity index (χ0v) is 15.6. The van der Waals surface area contributed by atoms with Crippen molar-refractivity contribution in [3.63, 3.8) is 0 Å². The monoisotopic (exact) mass is 395 g/mol. The summed E-state index contributed by atoms with van der Waals surface area (Å²) >= 11 is 0.978. The van der Waals surface area contributed by atoms with E-state index >= 15 is 0 Å². The van der Waals surface area contributed by atoms with Gasteiger partial charge < -0.3 is 20.2 Å². The standard InChI is InChI=1S/C15H17N5O4S2/c1-9-6-7-10(24-9)8-17-14-15(20-25-19-14)18-11-4-3-5-12(13(11)21)26(22,23)16-2/h3-7,16,21H,8H2,1-2H3,(H,17,19)(H,18,20). The zero-order chi connectivity index (χ0) is 18.7. The van der Waals surface area contributed by atoms with E-state index in [0.717, 1.165) is 23.2 Å². The van der Waals surface area contributed by atoms with Crippen LogP contribution >= 0.6 is 11.7 Å². The number of furan rings is 1. The van der Waals surface area contributed by atoms with Crippen molar-refractivity contribution in [1.82, 2.24) is 13.5 Å². The molecule has 3 aromatic rings. The van der Waals surface area contributed by atoms with Crippen molar-refractivity contribution < 1.29 is 17.9 Å². The van der Waals surface area contributed by atoms with E-state index in [-0.39, 0.29) is 10.6 Å². The first-order chi connectivity index (χ1) is 12.4. The number of nitrogens with one attached hydrogen (secondary N) is 3. The molecule has 0 atom stereocenters. The number of para-hydroxylation sites is 1. The molecule has 0 aliphatic rings. The Morgan fingerprint density at radius 1 is 1.19 bits per heavy atom. The first-order valence-corrected chi connectivity index (χ1v) is 9.76. The molecule has 0 aliphatic carbocycles. The molecule has 2 aromatic heterocycles. The highest BCUT2D eigenvalue weighted by Gasteiger charge is 2.20. The van der Waals surface area contributed by atoms with Crippen LogP contribution in [0.3, 0.4) is 0 Å². The number of hydrogen-bond acceptors (Lipinski definition) is 9. The second-order valence-corrected chi connectivity index (χ2v) is 7.70. The van der Waals surface area contributed by atoms with Crippen molar-refractivity contribution in [3.05, 3.63) is 41.9 Å². The molecule has 0 saturated heterocycles. The molecule has 0 fully saturated rings. The molecule has 0 spiro atoms. The molecule has 0 unspecified atom stereocenters. The zero-order valence-electron chi connectivity index (χ0n) is 14.0. The third-order valence-corrected chi connectivity index (χ3v) is 5.50. The maximum atomic E-state index is 12.0. The van der Waals surface area contributed by atoms with Gasteiger partial charge in [-0.05, 0) is 38.2 Å². The summed E-state index contributed by atoms with van der Waals surface area (Å²) in [5, 5.41) is 16.3. The molecular formula is C15H17N5O4S2. The van der Waals surface area contributed by atoms with Gasteiger partial charge in [-0.15, -0.1) is 0 Å². The van der Waals surface area contributed by atoms with Crippen LogP contribution in [0.1, 0.15) is 11.5 Å². The van der Waals surface area contributed by atoms with Crippen LogP contribution < -0.4 is 15.4 Å². The number of phenols is 1. The summed E-state index contributed by atoms with van der Waals surface area (Å²) in [7, 11) is -2.51. The van der Waals surface area contributed by atoms with Crippen LogP contribution in [0.4, 0.5) is 17.3 Å². The van der Waals surface area contributed by atoms with Gasteiger partial charge in [-0.25, -0.2) is 13.1 Å². The van der Waals surface area contributed by atoms with Crippen molar-refractivity contribution in [2.75, 3.05) is 17.7 Å². The van der Waals surface area contributed by atoms with Gasteiger partial charge in [0, 0.05) is 0 Å². The number of rotatable bonds is 7. The average Bonchev–Trinajstić information content (AvgIpc) is 3.23. The van der Waals surface area contributed by atoms with Crippen LogP contribution in [0.15, 0.2) is 39.6 Å². The Labute approximate surface area is 154 Å². The van der Waals surface area contributed by atoms with E-state index in [1.165, 1.54) is 19.2 Å². The van der Waals surface area contributed by atoms with E-state index in [4.69, 9.17) is 4.42 Å². The lowest BCUT2D eigenvalue weighted by Crippen LogP contribution is -2.18. The van der Waals surface area contributed by atoms with Crippen LogP contribution in [-0.4, -0.2) is 29.3 Å². The van der Waals surface area contributed by atoms with Gasteiger partial charge in [-0.2, -0.15) is 8.75 Å². The topological polar surface area (TPSA) is 129 Å². The smallest absolute Gasteiger partial charge is 0.244 e. The number of hydrogen-bond donors (Lipinski definition) is 4. The van der Waals surface area contributed by atoms with Crippen LogP contribution in [0, 0.1) is 6.92 Å². The Hall–Kier alpha value is -2.63. The highest BCUT2D eigenvalue weighted by Crippen LogP contribution is 2.34. The number of aromatic nitrogens is 2. The first-order valence-electron chi connectivity index (χ1n) is 7.55. The fourth-order valence-corrected chi connectivity index (χ4v) is 3.54. The molecule has 11 heteroatoms. The van der Waals surface area contributed by atoms with Crippen molar-refractivity contribution in [2.45, 2.75) is 18.4 Å². The predicted molar refractivity (Wildman–Crippen MR) is 98.3 cm³/mol. The molecule has 9 nitrogen and oxygen atoms in total. The lowest BCUT2D eigenvalue weighted by Gasteiger charge is -2.11. The van der Waals surface area contributed by atoms with E-state index in [1.54, 1.807) is 6.07 Å². The summed E-state index contributed by atoms with van der Waals surface area (Å²) in [6.07, 6.45) is 0. The van der Waals surface area contributed by atoms with Crippen LogP contribution in [0.25, 0.3) is 0 Å². The molecule has 0 bridgehead atoms. The molecule has 0 radical (unpaired) electrons. The number of anilines is 3. The Bertz CT molecular complexity index is 1010. The third kappa shape index (κ3) is 3.79. The Morgan fingerprint density at radius 3 is 2.65 bits per heavy atom. The van der Waals surface area contributed by atoms with Crippen LogP contribution in [-0.2, 0) is 16.6 Å². The molecule has 138 valence electrons. The summed E-state index contributed by atoms with van der Waals surface area (Å²) in [6.45, 7) is 2.27. The minimum atomic E-state index is -3.79. The van der Waals surface area contributed by atoms with E-state index in [2.05, 4.69) is 24.1 Å². The largest absolute Gasteiger partial charge is 0.504 e. The number of phenolic OH excluding ortho intramolecular Hbond substituents is 1. The van der Waals surface area contributed by atoms with E-state index in [9.17, 15) is 13.5 Å². The van der Waals surface area contributed by atoms with Gasteiger partial charge in [0.05, 0.1) is 24.0 Å². The molecule has 3 rings (SSSR count). The number of benzene rings is 1. The number of aromatic hydroxyl groups is 1. The summed E-state index contributed by atoms with van der Waals surface area (Å²) in [6, 6.07) is 8.09. The van der Waals surface area contributed by atoms with Gasteiger partial charge in [0.25, 0.3) is 0 Å². The number of aryl methyl sites for hydroxylation is 1. The fourth-order valence-electron chi connectivity index (χ4n) is 2.22. The molecule has 0 aliphatic heterocycles. The van der Waals surface area contributed by atoms with Gasteiger partial charge in [0.2, 0.25) is 10.0 Å². The molecule has 4 N–H and O–H groups in total. The van der Waals surface area contributed by atoms with Crippen LogP contribution in [0.2, 0.25) is 0 Å². The quantitative estimate of drug-likeness (QED) is 0.449. The van der Waals surface area contributed by atoms with E-state index in [0.29, 0.717) is 18.2 Å². The second-order valence-electron chi connectivity index (χ2n) is 5.31. The summed E-state index contributed by atoms with van der Waals surface area (Å²) in [4.78, 5) is -0.228. The van der Waals surface area contributed by atoms with Crippen LogP contribution in [0.5, 0.6) is 5.75 Å². The third-order valence-electron chi connectivity index (χ3n) is 3.52. The van der Waals surface area contributed by atoms with Gasteiger partial charge in [0.1, 0.15) is 16.4 Å². The molecule has 1 aromatic carbocycles. The fraction of sp³-hybridized carbons (Fsp3) is 0.200. The molecular weight excluding hydrogens is 378 g/mol. The highest BCUT2D eigenvalue weighted by molar-refractivity contribution is 7.89. The Balaban J connectivity index is 1.80. The first kappa shape index (κ1) is 18.2. The van der Waals surface area contributed by atoms with E-state index in [1.807, 2.05) is 19.1 Å².